The summed E-state index contributed by atoms with van der Waals surface area (Å²) in [6, 6.07) is 8.55. The number of rotatable bonds is 4. The van der Waals surface area contributed by atoms with Crippen molar-refractivity contribution in [3.05, 3.63) is 59.3 Å². The van der Waals surface area contributed by atoms with Gasteiger partial charge in [0.25, 0.3) is 0 Å². The van der Waals surface area contributed by atoms with Gasteiger partial charge in [0.1, 0.15) is 5.82 Å². The minimum atomic E-state index is -0.240. The monoisotopic (exact) mass is 358 g/mol. The van der Waals surface area contributed by atoms with E-state index in [1.54, 1.807) is 27.7 Å². The summed E-state index contributed by atoms with van der Waals surface area (Å²) in [7, 11) is 1.87. The van der Waals surface area contributed by atoms with Crippen molar-refractivity contribution in [2.75, 3.05) is 10.6 Å². The van der Waals surface area contributed by atoms with Crippen LogP contribution in [0, 0.1) is 19.7 Å². The zero-order valence-electron chi connectivity index (χ0n) is 14.2. The third kappa shape index (κ3) is 3.85. The molecule has 2 heterocycles. The summed E-state index contributed by atoms with van der Waals surface area (Å²) in [5, 5.41) is 15.2. The first-order chi connectivity index (χ1) is 11.9. The Morgan fingerprint density at radius 3 is 2.68 bits per heavy atom. The second kappa shape index (κ2) is 7.02. The zero-order valence-corrected chi connectivity index (χ0v) is 15.1. The lowest BCUT2D eigenvalue weighted by molar-refractivity contribution is 0.581. The van der Waals surface area contributed by atoms with E-state index in [0.29, 0.717) is 23.0 Å². The molecule has 3 rings (SSSR count). The van der Waals surface area contributed by atoms with Crippen LogP contribution >= 0.6 is 12.2 Å². The highest BCUT2D eigenvalue weighted by molar-refractivity contribution is 7.80. The average molecular weight is 358 g/mol. The Labute approximate surface area is 150 Å². The van der Waals surface area contributed by atoms with Crippen LogP contribution in [0.4, 0.5) is 15.9 Å². The van der Waals surface area contributed by atoms with Crippen molar-refractivity contribution < 1.29 is 4.39 Å². The summed E-state index contributed by atoms with van der Waals surface area (Å²) < 4.78 is 17.3. The molecule has 0 bridgehead atoms. The van der Waals surface area contributed by atoms with Crippen LogP contribution < -0.4 is 10.6 Å². The maximum atomic E-state index is 13.8. The third-order valence-electron chi connectivity index (χ3n) is 3.98. The van der Waals surface area contributed by atoms with E-state index in [0.717, 1.165) is 17.1 Å². The highest BCUT2D eigenvalue weighted by Gasteiger charge is 2.10. The molecular weight excluding hydrogens is 339 g/mol. The van der Waals surface area contributed by atoms with Crippen LogP contribution in [-0.2, 0) is 13.6 Å². The van der Waals surface area contributed by atoms with Gasteiger partial charge in [-0.2, -0.15) is 10.2 Å². The molecule has 0 amide bonds. The third-order valence-corrected chi connectivity index (χ3v) is 4.19. The molecule has 6 nitrogen and oxygen atoms in total. The summed E-state index contributed by atoms with van der Waals surface area (Å²) in [6.45, 7) is 4.23. The number of hydrogen-bond acceptors (Lipinski definition) is 3. The topological polar surface area (TPSA) is 59.7 Å². The largest absolute Gasteiger partial charge is 0.330 e. The molecule has 2 N–H and O–H groups in total. The smallest absolute Gasteiger partial charge is 0.176 e. The molecule has 0 saturated carbocycles. The van der Waals surface area contributed by atoms with Crippen molar-refractivity contribution in [2.45, 2.75) is 20.4 Å². The van der Waals surface area contributed by atoms with E-state index < -0.39 is 0 Å². The Balaban J connectivity index is 1.69. The van der Waals surface area contributed by atoms with Gasteiger partial charge in [0.05, 0.1) is 24.1 Å². The lowest BCUT2D eigenvalue weighted by Gasteiger charge is -2.08. The standard InChI is InChI=1S/C17H19FN6S/c1-11-8-16(21-17(25)20-15-9-19-23(3)12(15)2)22-24(11)10-13-6-4-5-7-14(13)18/h4-9H,10H2,1-3H3,(H2,20,21,22,25). The number of nitrogens with one attached hydrogen (secondary N) is 2. The van der Waals surface area contributed by atoms with Crippen molar-refractivity contribution in [3.8, 4) is 0 Å². The van der Waals surface area contributed by atoms with Crippen LogP contribution in [0.3, 0.4) is 0 Å². The van der Waals surface area contributed by atoms with E-state index in [1.807, 2.05) is 33.0 Å². The van der Waals surface area contributed by atoms with Crippen LogP contribution in [-0.4, -0.2) is 24.7 Å². The van der Waals surface area contributed by atoms with Crippen LogP contribution in [0.5, 0.6) is 0 Å². The fourth-order valence-corrected chi connectivity index (χ4v) is 2.63. The van der Waals surface area contributed by atoms with Gasteiger partial charge in [-0.15, -0.1) is 0 Å². The normalized spacial score (nSPS) is 10.7. The molecule has 2 aromatic heterocycles. The molecule has 0 saturated heterocycles. The number of anilines is 2. The van der Waals surface area contributed by atoms with E-state index >= 15 is 0 Å². The molecule has 0 aliphatic heterocycles. The van der Waals surface area contributed by atoms with Gasteiger partial charge in [-0.25, -0.2) is 4.39 Å². The van der Waals surface area contributed by atoms with Gasteiger partial charge in [-0.1, -0.05) is 18.2 Å². The summed E-state index contributed by atoms with van der Waals surface area (Å²) in [6.07, 6.45) is 1.71. The zero-order chi connectivity index (χ0) is 18.0. The summed E-state index contributed by atoms with van der Waals surface area (Å²) in [5.41, 5.74) is 3.31. The molecule has 0 spiro atoms. The molecule has 0 fully saturated rings. The Kier molecular flexibility index (Phi) is 4.80. The number of halogens is 1. The fraction of sp³-hybridized carbons (Fsp3) is 0.235. The molecule has 0 aliphatic carbocycles. The second-order valence-corrected chi connectivity index (χ2v) is 6.17. The van der Waals surface area contributed by atoms with E-state index in [2.05, 4.69) is 20.8 Å². The molecule has 130 valence electrons. The van der Waals surface area contributed by atoms with Gasteiger partial charge in [-0.3, -0.25) is 9.36 Å². The molecule has 25 heavy (non-hydrogen) atoms. The molecule has 8 heteroatoms. The van der Waals surface area contributed by atoms with Crippen LogP contribution in [0.1, 0.15) is 17.0 Å². The Morgan fingerprint density at radius 1 is 1.24 bits per heavy atom. The number of thiocarbonyl (C=S) groups is 1. The van der Waals surface area contributed by atoms with Crippen LogP contribution in [0.25, 0.3) is 0 Å². The van der Waals surface area contributed by atoms with Gasteiger partial charge in [-0.05, 0) is 32.1 Å². The van der Waals surface area contributed by atoms with Gasteiger partial charge >= 0.3 is 0 Å². The lowest BCUT2D eigenvalue weighted by Crippen LogP contribution is -2.20. The predicted octanol–water partition coefficient (Wildman–Crippen LogP) is 3.23. The number of benzene rings is 1. The Bertz CT molecular complexity index is 914. The van der Waals surface area contributed by atoms with Crippen molar-refractivity contribution in [2.24, 2.45) is 7.05 Å². The second-order valence-electron chi connectivity index (χ2n) is 5.77. The van der Waals surface area contributed by atoms with Gasteiger partial charge in [0.15, 0.2) is 10.9 Å². The van der Waals surface area contributed by atoms with E-state index in [-0.39, 0.29) is 5.82 Å². The maximum Gasteiger partial charge on any atom is 0.176 e. The van der Waals surface area contributed by atoms with Crippen LogP contribution in [0.15, 0.2) is 36.5 Å². The minimum Gasteiger partial charge on any atom is -0.330 e. The maximum absolute atomic E-state index is 13.8. The first kappa shape index (κ1) is 17.1. The molecule has 1 aromatic carbocycles. The Morgan fingerprint density at radius 2 is 2.00 bits per heavy atom. The van der Waals surface area contributed by atoms with E-state index in [4.69, 9.17) is 12.2 Å². The van der Waals surface area contributed by atoms with E-state index in [9.17, 15) is 4.39 Å². The van der Waals surface area contributed by atoms with Crippen molar-refractivity contribution in [3.63, 3.8) is 0 Å². The van der Waals surface area contributed by atoms with Gasteiger partial charge < -0.3 is 10.6 Å². The predicted molar refractivity (Wildman–Crippen MR) is 100 cm³/mol. The number of nitrogens with zero attached hydrogens (tertiary/aromatic N) is 4. The molecule has 0 aliphatic rings. The Hall–Kier alpha value is -2.74. The van der Waals surface area contributed by atoms with Crippen molar-refractivity contribution in [1.82, 2.24) is 19.6 Å². The molecule has 0 radical (unpaired) electrons. The quantitative estimate of drug-likeness (QED) is 0.701. The first-order valence-electron chi connectivity index (χ1n) is 7.78. The lowest BCUT2D eigenvalue weighted by atomic mass is 10.2. The minimum absolute atomic E-state index is 0.240. The van der Waals surface area contributed by atoms with Crippen molar-refractivity contribution >= 4 is 28.8 Å². The number of aromatic nitrogens is 4. The first-order valence-corrected chi connectivity index (χ1v) is 8.19. The molecular formula is C17H19FN6S. The summed E-state index contributed by atoms with van der Waals surface area (Å²) in [5.74, 6) is 0.365. The number of hydrogen-bond donors (Lipinski definition) is 2. The highest BCUT2D eigenvalue weighted by Crippen LogP contribution is 2.15. The van der Waals surface area contributed by atoms with Crippen LogP contribution in [0.2, 0.25) is 0 Å². The molecule has 3 aromatic rings. The van der Waals surface area contributed by atoms with Gasteiger partial charge in [0.2, 0.25) is 0 Å². The highest BCUT2D eigenvalue weighted by atomic mass is 32.1. The average Bonchev–Trinajstić information content (AvgIpc) is 3.06. The number of aryl methyl sites for hydroxylation is 2. The molecule has 0 unspecified atom stereocenters. The van der Waals surface area contributed by atoms with Crippen molar-refractivity contribution in [1.29, 1.82) is 0 Å². The van der Waals surface area contributed by atoms with E-state index in [1.165, 1.54) is 6.07 Å². The molecule has 0 atom stereocenters. The van der Waals surface area contributed by atoms with Gasteiger partial charge in [0, 0.05) is 24.4 Å². The summed E-state index contributed by atoms with van der Waals surface area (Å²) in [4.78, 5) is 0. The summed E-state index contributed by atoms with van der Waals surface area (Å²) >= 11 is 5.32. The fourth-order valence-electron chi connectivity index (χ4n) is 2.41. The SMILES string of the molecule is Cc1c(NC(=S)Nc2cc(C)n(Cc3ccccc3F)n2)cnn1C.